The number of benzene rings is 2. The van der Waals surface area contributed by atoms with E-state index in [2.05, 4.69) is 5.32 Å². The molecule has 2 aromatic carbocycles. The Morgan fingerprint density at radius 3 is 2.34 bits per heavy atom. The molecule has 0 spiro atoms. The summed E-state index contributed by atoms with van der Waals surface area (Å²) in [5.74, 6) is 0.136. The predicted molar refractivity (Wildman–Crippen MR) is 142 cm³/mol. The van der Waals surface area contributed by atoms with Gasteiger partial charge in [0.15, 0.2) is 0 Å². The number of nitrogens with zero attached hydrogens (tertiary/aromatic N) is 1. The molecule has 1 N–H and O–H groups in total. The van der Waals surface area contributed by atoms with Crippen molar-refractivity contribution in [3.05, 3.63) is 70.1 Å². The molecule has 6 heteroatoms. The smallest absolute Gasteiger partial charge is 0.336 e. The fraction of sp³-hybridized carbons (Fsp3) is 0.414. The van der Waals surface area contributed by atoms with E-state index in [1.165, 1.54) is 6.42 Å². The van der Waals surface area contributed by atoms with Crippen molar-refractivity contribution in [1.82, 2.24) is 10.2 Å². The van der Waals surface area contributed by atoms with E-state index in [0.717, 1.165) is 53.6 Å². The number of hydrogen-bond acceptors (Lipinski definition) is 4. The summed E-state index contributed by atoms with van der Waals surface area (Å²) >= 11 is 0. The second-order valence-corrected chi connectivity index (χ2v) is 8.52. The summed E-state index contributed by atoms with van der Waals surface area (Å²) < 4.78 is 5.51. The van der Waals surface area contributed by atoms with Gasteiger partial charge in [-0.2, -0.15) is 0 Å². The Labute approximate surface area is 208 Å². The van der Waals surface area contributed by atoms with Crippen LogP contribution < -0.4 is 10.9 Å². The van der Waals surface area contributed by atoms with Gasteiger partial charge in [0.1, 0.15) is 5.58 Å². The molecule has 6 nitrogen and oxygen atoms in total. The van der Waals surface area contributed by atoms with Gasteiger partial charge in [-0.25, -0.2) is 4.79 Å². The van der Waals surface area contributed by atoms with Crippen LogP contribution in [0.1, 0.15) is 51.2 Å². The van der Waals surface area contributed by atoms with Crippen molar-refractivity contribution in [1.29, 1.82) is 0 Å². The minimum atomic E-state index is -0.356. The van der Waals surface area contributed by atoms with E-state index in [-0.39, 0.29) is 17.5 Å². The van der Waals surface area contributed by atoms with Crippen molar-refractivity contribution in [2.75, 3.05) is 20.1 Å². The van der Waals surface area contributed by atoms with Crippen molar-refractivity contribution in [3.8, 4) is 11.1 Å². The molecule has 0 aliphatic carbocycles. The lowest BCUT2D eigenvalue weighted by atomic mass is 9.95. The van der Waals surface area contributed by atoms with Crippen LogP contribution in [-0.4, -0.2) is 37.4 Å². The van der Waals surface area contributed by atoms with Crippen LogP contribution in [0.5, 0.6) is 0 Å². The molecule has 188 valence electrons. The van der Waals surface area contributed by atoms with Crippen molar-refractivity contribution in [2.24, 2.45) is 5.92 Å². The topological polar surface area (TPSA) is 79.6 Å². The fourth-order valence-electron chi connectivity index (χ4n) is 4.30. The Bertz CT molecular complexity index is 1160. The van der Waals surface area contributed by atoms with Crippen LogP contribution in [0.25, 0.3) is 22.1 Å². The predicted octanol–water partition coefficient (Wildman–Crippen LogP) is 5.35. The number of nitrogens with one attached hydrogen (secondary N) is 1. The number of amides is 2. The molecule has 0 saturated carbocycles. The molecule has 1 saturated heterocycles. The summed E-state index contributed by atoms with van der Waals surface area (Å²) in [6.45, 7) is 9.77. The first kappa shape index (κ1) is 27.8. The molecule has 2 amide bonds. The summed E-state index contributed by atoms with van der Waals surface area (Å²) in [7, 11) is 1.56. The molecule has 0 radical (unpaired) electrons. The Morgan fingerprint density at radius 1 is 1.06 bits per heavy atom. The van der Waals surface area contributed by atoms with Gasteiger partial charge in [0.25, 0.3) is 0 Å². The molecule has 4 rings (SSSR count). The molecule has 1 fully saturated rings. The summed E-state index contributed by atoms with van der Waals surface area (Å²) in [5, 5.41) is 3.16. The molecular formula is C29H38N2O4. The summed E-state index contributed by atoms with van der Waals surface area (Å²) in [4.78, 5) is 36.0. The Hall–Kier alpha value is -3.41. The molecule has 1 unspecified atom stereocenters. The van der Waals surface area contributed by atoms with Crippen LogP contribution in [0.4, 0.5) is 0 Å². The third-order valence-corrected chi connectivity index (χ3v) is 5.99. The third kappa shape index (κ3) is 7.54. The number of hydrogen-bond donors (Lipinski definition) is 1. The normalized spacial score (nSPS) is 13.6. The maximum absolute atomic E-state index is 12.7. The molecule has 2 heterocycles. The van der Waals surface area contributed by atoms with E-state index in [0.29, 0.717) is 18.4 Å². The zero-order valence-corrected chi connectivity index (χ0v) is 21.6. The highest BCUT2D eigenvalue weighted by atomic mass is 16.4. The lowest BCUT2D eigenvalue weighted by molar-refractivity contribution is -0.135. The average molecular weight is 479 g/mol. The van der Waals surface area contributed by atoms with Crippen LogP contribution >= 0.6 is 0 Å². The van der Waals surface area contributed by atoms with Gasteiger partial charge < -0.3 is 14.6 Å². The zero-order valence-electron chi connectivity index (χ0n) is 21.6. The Balaban J connectivity index is 0.000000655. The standard InChI is InChI=1S/C25H27NO3.C2H5NO.C2H6/c1-17-8-4-5-9-20(17)22-16-24(27)29-23-15-19(10-11-21(22)23)14-18(2)25(28)26-12-6-3-7-13-26;1-3-2-4;1-2/h4-5,8-11,15-16,18H,3,6-7,12-14H2,1-2H3;2H,1H3,(H,3,4);1-2H3. The van der Waals surface area contributed by atoms with Gasteiger partial charge in [-0.1, -0.05) is 57.2 Å². The summed E-state index contributed by atoms with van der Waals surface area (Å²) in [6.07, 6.45) is 4.68. The van der Waals surface area contributed by atoms with E-state index in [1.807, 2.05) is 75.1 Å². The SMILES string of the molecule is CC.CNC=O.Cc1ccccc1-c1cc(=O)oc2cc(CC(C)C(=O)N3CCCCC3)ccc12. The van der Waals surface area contributed by atoms with E-state index in [4.69, 9.17) is 9.21 Å². The fourth-order valence-corrected chi connectivity index (χ4v) is 4.30. The number of rotatable bonds is 5. The maximum Gasteiger partial charge on any atom is 0.336 e. The Morgan fingerprint density at radius 2 is 1.71 bits per heavy atom. The van der Waals surface area contributed by atoms with E-state index in [1.54, 1.807) is 13.1 Å². The number of piperidine rings is 1. The molecular weight excluding hydrogens is 440 g/mol. The van der Waals surface area contributed by atoms with E-state index < -0.39 is 0 Å². The second kappa shape index (κ2) is 14.1. The molecule has 1 aliphatic heterocycles. The lowest BCUT2D eigenvalue weighted by Crippen LogP contribution is -2.39. The number of aryl methyl sites for hydroxylation is 1. The number of likely N-dealkylation sites (tertiary alicyclic amines) is 1. The van der Waals surface area contributed by atoms with Crippen molar-refractivity contribution < 1.29 is 14.0 Å². The molecule has 0 bridgehead atoms. The third-order valence-electron chi connectivity index (χ3n) is 5.99. The van der Waals surface area contributed by atoms with Gasteiger partial charge in [0, 0.05) is 43.1 Å². The van der Waals surface area contributed by atoms with Crippen molar-refractivity contribution in [3.63, 3.8) is 0 Å². The van der Waals surface area contributed by atoms with Crippen molar-refractivity contribution in [2.45, 2.75) is 53.4 Å². The zero-order chi connectivity index (χ0) is 25.8. The minimum Gasteiger partial charge on any atom is -0.423 e. The summed E-state index contributed by atoms with van der Waals surface area (Å²) in [5.41, 5.74) is 4.27. The lowest BCUT2D eigenvalue weighted by Gasteiger charge is -2.29. The van der Waals surface area contributed by atoms with Crippen LogP contribution in [0.15, 0.2) is 57.7 Å². The number of fused-ring (bicyclic) bond motifs is 1. The number of carbonyl (C=O) groups excluding carboxylic acids is 2. The van der Waals surface area contributed by atoms with Gasteiger partial charge in [-0.05, 0) is 55.4 Å². The summed E-state index contributed by atoms with van der Waals surface area (Å²) in [6, 6.07) is 15.6. The maximum atomic E-state index is 12.7. The van der Waals surface area contributed by atoms with E-state index in [9.17, 15) is 9.59 Å². The van der Waals surface area contributed by atoms with Crippen LogP contribution in [-0.2, 0) is 16.0 Å². The van der Waals surface area contributed by atoms with Crippen LogP contribution in [0, 0.1) is 12.8 Å². The average Bonchev–Trinajstić information content (AvgIpc) is 2.89. The molecule has 3 aromatic rings. The number of carbonyl (C=O) groups is 2. The van der Waals surface area contributed by atoms with Crippen LogP contribution in [0.2, 0.25) is 0 Å². The van der Waals surface area contributed by atoms with Gasteiger partial charge in [0.05, 0.1) is 0 Å². The second-order valence-electron chi connectivity index (χ2n) is 8.52. The highest BCUT2D eigenvalue weighted by Crippen LogP contribution is 2.30. The first-order valence-electron chi connectivity index (χ1n) is 12.5. The quantitative estimate of drug-likeness (QED) is 0.396. The van der Waals surface area contributed by atoms with Gasteiger partial charge in [-0.3, -0.25) is 9.59 Å². The van der Waals surface area contributed by atoms with Gasteiger partial charge in [-0.15, -0.1) is 0 Å². The molecule has 1 aromatic heterocycles. The molecule has 1 aliphatic rings. The molecule has 35 heavy (non-hydrogen) atoms. The largest absolute Gasteiger partial charge is 0.423 e. The Kier molecular flexibility index (Phi) is 11.2. The minimum absolute atomic E-state index is 0.0863. The highest BCUT2D eigenvalue weighted by molar-refractivity contribution is 5.94. The first-order chi connectivity index (χ1) is 16.9. The van der Waals surface area contributed by atoms with Crippen LogP contribution in [0.3, 0.4) is 0 Å². The molecule has 1 atom stereocenters. The first-order valence-corrected chi connectivity index (χ1v) is 12.5. The van der Waals surface area contributed by atoms with Crippen molar-refractivity contribution >= 4 is 23.3 Å². The monoisotopic (exact) mass is 478 g/mol. The van der Waals surface area contributed by atoms with Gasteiger partial charge in [0.2, 0.25) is 12.3 Å². The highest BCUT2D eigenvalue weighted by Gasteiger charge is 2.22. The van der Waals surface area contributed by atoms with Gasteiger partial charge >= 0.3 is 5.63 Å². The van der Waals surface area contributed by atoms with E-state index >= 15 is 0 Å².